The first-order valence-corrected chi connectivity index (χ1v) is 9.31. The first-order chi connectivity index (χ1) is 13.7. The van der Waals surface area contributed by atoms with Gasteiger partial charge < -0.3 is 14.8 Å². The molecule has 1 saturated heterocycles. The summed E-state index contributed by atoms with van der Waals surface area (Å²) in [5.74, 6) is -0.948. The number of benzene rings is 2. The van der Waals surface area contributed by atoms with Crippen LogP contribution in [0.1, 0.15) is 15.9 Å². The molecule has 0 radical (unpaired) electrons. The molecule has 3 N–H and O–H groups in total. The molecule has 0 saturated carbocycles. The van der Waals surface area contributed by atoms with Crippen LogP contribution in [0.3, 0.4) is 0 Å². The molecule has 28 heavy (non-hydrogen) atoms. The molecule has 0 atom stereocenters. The number of hydrogen-bond donors (Lipinski definition) is 3. The fourth-order valence-corrected chi connectivity index (χ4v) is 3.78. The van der Waals surface area contributed by atoms with Crippen molar-refractivity contribution in [1.29, 1.82) is 0 Å². The molecule has 7 heteroatoms. The fourth-order valence-electron chi connectivity index (χ4n) is 3.78. The summed E-state index contributed by atoms with van der Waals surface area (Å²) in [4.78, 5) is 17.0. The molecule has 1 aliphatic rings. The Morgan fingerprint density at radius 1 is 1.11 bits per heavy atom. The zero-order chi connectivity index (χ0) is 19.1. The first kappa shape index (κ1) is 17.0. The van der Waals surface area contributed by atoms with Crippen molar-refractivity contribution in [2.45, 2.75) is 6.54 Å². The van der Waals surface area contributed by atoms with E-state index in [2.05, 4.69) is 44.3 Å². The van der Waals surface area contributed by atoms with Gasteiger partial charge in [-0.15, -0.1) is 0 Å². The van der Waals surface area contributed by atoms with Gasteiger partial charge in [-0.3, -0.25) is 10.00 Å². The Morgan fingerprint density at radius 2 is 1.96 bits per heavy atom. The maximum atomic E-state index is 11.2. The van der Waals surface area contributed by atoms with Gasteiger partial charge in [0.1, 0.15) is 5.69 Å². The quantitative estimate of drug-likeness (QED) is 0.508. The smallest absolute Gasteiger partial charge is 0.335 e. The summed E-state index contributed by atoms with van der Waals surface area (Å²) in [5, 5.41) is 18.5. The Morgan fingerprint density at radius 3 is 2.79 bits per heavy atom. The van der Waals surface area contributed by atoms with Crippen LogP contribution in [0.15, 0.2) is 42.5 Å². The topological polar surface area (TPSA) is 94.2 Å². The van der Waals surface area contributed by atoms with E-state index in [1.807, 2.05) is 0 Å². The summed E-state index contributed by atoms with van der Waals surface area (Å²) in [7, 11) is 0. The van der Waals surface area contributed by atoms with Crippen molar-refractivity contribution in [3.63, 3.8) is 0 Å². The van der Waals surface area contributed by atoms with Gasteiger partial charge in [0.25, 0.3) is 0 Å². The normalized spacial score (nSPS) is 15.4. The minimum absolute atomic E-state index is 0.243. The average molecular weight is 376 g/mol. The molecule has 1 aliphatic heterocycles. The van der Waals surface area contributed by atoms with Crippen molar-refractivity contribution >= 4 is 27.8 Å². The summed E-state index contributed by atoms with van der Waals surface area (Å²) < 4.78 is 5.42. The van der Waals surface area contributed by atoms with E-state index in [0.29, 0.717) is 5.52 Å². The van der Waals surface area contributed by atoms with Crippen molar-refractivity contribution < 1.29 is 14.6 Å². The molecule has 0 amide bonds. The Hall–Kier alpha value is -3.16. The minimum atomic E-state index is -0.948. The molecule has 7 nitrogen and oxygen atoms in total. The standard InChI is InChI=1S/C21H20N4O3/c26-21(27)14-2-3-16-18(10-14)23-24-20(16)19-11-15-9-13(1-4-17(15)22-19)12-25-5-7-28-8-6-25/h1-4,9-11,22H,5-8,12H2,(H,23,24)(H,26,27). The van der Waals surface area contributed by atoms with Crippen LogP contribution in [-0.2, 0) is 11.3 Å². The van der Waals surface area contributed by atoms with Gasteiger partial charge in [0.05, 0.1) is 30.0 Å². The number of rotatable bonds is 4. The van der Waals surface area contributed by atoms with E-state index in [1.54, 1.807) is 18.2 Å². The van der Waals surface area contributed by atoms with Gasteiger partial charge in [0.15, 0.2) is 0 Å². The molecule has 2 aromatic heterocycles. The number of nitrogens with one attached hydrogen (secondary N) is 2. The number of aromatic amines is 2. The number of carboxylic acids is 1. The fraction of sp³-hybridized carbons (Fsp3) is 0.238. The molecule has 0 unspecified atom stereocenters. The Balaban J connectivity index is 1.47. The molecule has 4 aromatic rings. The van der Waals surface area contributed by atoms with Gasteiger partial charge in [-0.05, 0) is 42.0 Å². The number of carboxylic acid groups (broad SMARTS) is 1. The molecule has 0 bridgehead atoms. The second-order valence-corrected chi connectivity index (χ2v) is 7.13. The molecule has 0 spiro atoms. The third-order valence-electron chi connectivity index (χ3n) is 5.26. The predicted molar refractivity (Wildman–Crippen MR) is 106 cm³/mol. The third kappa shape index (κ3) is 3.04. The zero-order valence-electron chi connectivity index (χ0n) is 15.2. The van der Waals surface area contributed by atoms with Crippen molar-refractivity contribution in [2.24, 2.45) is 0 Å². The average Bonchev–Trinajstić information content (AvgIpc) is 3.31. The number of aromatic carboxylic acids is 1. The second-order valence-electron chi connectivity index (χ2n) is 7.13. The lowest BCUT2D eigenvalue weighted by molar-refractivity contribution is 0.0342. The highest BCUT2D eigenvalue weighted by Gasteiger charge is 2.14. The molecular formula is C21H20N4O3. The van der Waals surface area contributed by atoms with Crippen molar-refractivity contribution in [3.8, 4) is 11.4 Å². The maximum Gasteiger partial charge on any atom is 0.335 e. The highest BCUT2D eigenvalue weighted by atomic mass is 16.5. The lowest BCUT2D eigenvalue weighted by atomic mass is 10.1. The maximum absolute atomic E-state index is 11.2. The SMILES string of the molecule is O=C(O)c1ccc2c(-c3cc4cc(CN5CCOCC5)ccc4[nH]3)n[nH]c2c1. The largest absolute Gasteiger partial charge is 0.478 e. The van der Waals surface area contributed by atoms with Crippen LogP contribution in [0.5, 0.6) is 0 Å². The van der Waals surface area contributed by atoms with Gasteiger partial charge in [-0.25, -0.2) is 4.79 Å². The number of fused-ring (bicyclic) bond motifs is 2. The van der Waals surface area contributed by atoms with Crippen LogP contribution < -0.4 is 0 Å². The second kappa shape index (κ2) is 6.78. The van der Waals surface area contributed by atoms with E-state index in [4.69, 9.17) is 9.84 Å². The van der Waals surface area contributed by atoms with Crippen LogP contribution in [0.4, 0.5) is 0 Å². The third-order valence-corrected chi connectivity index (χ3v) is 5.26. The van der Waals surface area contributed by atoms with E-state index in [9.17, 15) is 4.79 Å². The van der Waals surface area contributed by atoms with Gasteiger partial charge in [0, 0.05) is 35.9 Å². The summed E-state index contributed by atoms with van der Waals surface area (Å²) in [5.41, 5.74) is 4.98. The van der Waals surface area contributed by atoms with Gasteiger partial charge in [0.2, 0.25) is 0 Å². The summed E-state index contributed by atoms with van der Waals surface area (Å²) in [6, 6.07) is 13.6. The number of nitrogens with zero attached hydrogens (tertiary/aromatic N) is 2. The number of hydrogen-bond acceptors (Lipinski definition) is 4. The monoisotopic (exact) mass is 376 g/mol. The molecule has 3 heterocycles. The van der Waals surface area contributed by atoms with Crippen LogP contribution in [0.2, 0.25) is 0 Å². The van der Waals surface area contributed by atoms with Crippen LogP contribution >= 0.6 is 0 Å². The molecule has 5 rings (SSSR count). The Bertz CT molecular complexity index is 1170. The van der Waals surface area contributed by atoms with Gasteiger partial charge >= 0.3 is 5.97 Å². The molecule has 0 aliphatic carbocycles. The highest BCUT2D eigenvalue weighted by molar-refractivity contribution is 5.99. The van der Waals surface area contributed by atoms with Crippen molar-refractivity contribution in [2.75, 3.05) is 26.3 Å². The van der Waals surface area contributed by atoms with E-state index in [1.165, 1.54) is 5.56 Å². The van der Waals surface area contributed by atoms with E-state index in [-0.39, 0.29) is 5.56 Å². The van der Waals surface area contributed by atoms with Gasteiger partial charge in [-0.2, -0.15) is 5.10 Å². The van der Waals surface area contributed by atoms with Crippen molar-refractivity contribution in [3.05, 3.63) is 53.6 Å². The van der Waals surface area contributed by atoms with Crippen LogP contribution in [-0.4, -0.2) is 57.5 Å². The van der Waals surface area contributed by atoms with Crippen LogP contribution in [0.25, 0.3) is 33.2 Å². The van der Waals surface area contributed by atoms with E-state index in [0.717, 1.165) is 60.5 Å². The number of ether oxygens (including phenoxy) is 1. The van der Waals surface area contributed by atoms with E-state index >= 15 is 0 Å². The Kier molecular flexibility index (Phi) is 4.11. The summed E-state index contributed by atoms with van der Waals surface area (Å²) in [6.45, 7) is 4.45. The minimum Gasteiger partial charge on any atom is -0.478 e. The number of H-pyrrole nitrogens is 2. The summed E-state index contributed by atoms with van der Waals surface area (Å²) >= 11 is 0. The molecule has 2 aromatic carbocycles. The predicted octanol–water partition coefficient (Wildman–Crippen LogP) is 3.24. The van der Waals surface area contributed by atoms with Crippen LogP contribution in [0, 0.1) is 0 Å². The Labute approximate surface area is 160 Å². The van der Waals surface area contributed by atoms with Crippen molar-refractivity contribution in [1.82, 2.24) is 20.1 Å². The molecular weight excluding hydrogens is 356 g/mol. The summed E-state index contributed by atoms with van der Waals surface area (Å²) in [6.07, 6.45) is 0. The molecule has 142 valence electrons. The first-order valence-electron chi connectivity index (χ1n) is 9.31. The van der Waals surface area contributed by atoms with E-state index < -0.39 is 5.97 Å². The zero-order valence-corrected chi connectivity index (χ0v) is 15.2. The lowest BCUT2D eigenvalue weighted by Gasteiger charge is -2.26. The molecule has 1 fully saturated rings. The lowest BCUT2D eigenvalue weighted by Crippen LogP contribution is -2.35. The highest BCUT2D eigenvalue weighted by Crippen LogP contribution is 2.29. The van der Waals surface area contributed by atoms with Gasteiger partial charge in [-0.1, -0.05) is 6.07 Å². The number of morpholine rings is 1. The number of carbonyl (C=O) groups is 1. The number of aromatic nitrogens is 3.